The van der Waals surface area contributed by atoms with Gasteiger partial charge in [0.25, 0.3) is 5.91 Å². The van der Waals surface area contributed by atoms with E-state index < -0.39 is 5.91 Å². The van der Waals surface area contributed by atoms with Gasteiger partial charge in [0.15, 0.2) is 0 Å². The maximum absolute atomic E-state index is 12.6. The Balaban J connectivity index is 1.50. The quantitative estimate of drug-likeness (QED) is 0.126. The van der Waals surface area contributed by atoms with Gasteiger partial charge in [-0.15, -0.1) is 0 Å². The van der Waals surface area contributed by atoms with Crippen LogP contribution in [-0.2, 0) is 11.4 Å². The first kappa shape index (κ1) is 25.5. The van der Waals surface area contributed by atoms with E-state index in [-0.39, 0.29) is 5.57 Å². The molecule has 0 saturated carbocycles. The third-order valence-corrected chi connectivity index (χ3v) is 7.20. The van der Waals surface area contributed by atoms with Gasteiger partial charge in [-0.1, -0.05) is 59.6 Å². The minimum atomic E-state index is -0.548. The summed E-state index contributed by atoms with van der Waals surface area (Å²) in [4.78, 5) is 12.6. The van der Waals surface area contributed by atoms with Gasteiger partial charge in [0.05, 0.1) is 18.1 Å². The Bertz CT molecular complexity index is 1490. The molecule has 0 radical (unpaired) electrons. The summed E-state index contributed by atoms with van der Waals surface area (Å²) in [5.41, 5.74) is 2.13. The topological polar surface area (TPSA) is 62.1 Å². The summed E-state index contributed by atoms with van der Waals surface area (Å²) in [6.07, 6.45) is 1.52. The fraction of sp³-hybridized carbons (Fsp3) is 0.0370. The molecule has 0 spiro atoms. The number of hydrogen-bond donors (Lipinski definition) is 1. The number of nitrogens with one attached hydrogen (secondary N) is 1. The Morgan fingerprint density at radius 3 is 2.51 bits per heavy atom. The number of amides is 1. The van der Waals surface area contributed by atoms with Gasteiger partial charge in [-0.05, 0) is 103 Å². The maximum Gasteiger partial charge on any atom is 0.266 e. The van der Waals surface area contributed by atoms with E-state index in [4.69, 9.17) is 27.9 Å². The van der Waals surface area contributed by atoms with Crippen molar-refractivity contribution in [1.29, 1.82) is 5.26 Å². The molecule has 4 nitrogen and oxygen atoms in total. The maximum atomic E-state index is 12.6. The van der Waals surface area contributed by atoms with E-state index in [0.29, 0.717) is 33.7 Å². The van der Waals surface area contributed by atoms with E-state index in [2.05, 4.69) is 68.1 Å². The number of fused-ring (bicyclic) bond motifs is 1. The summed E-state index contributed by atoms with van der Waals surface area (Å²) in [5, 5.41) is 15.2. The lowest BCUT2D eigenvalue weighted by Gasteiger charge is -2.12. The van der Waals surface area contributed by atoms with Crippen molar-refractivity contribution in [2.45, 2.75) is 6.61 Å². The van der Waals surface area contributed by atoms with Crippen molar-refractivity contribution in [3.8, 4) is 11.8 Å². The smallest absolute Gasteiger partial charge is 0.266 e. The summed E-state index contributed by atoms with van der Waals surface area (Å²) in [6.45, 7) is 0.407. The van der Waals surface area contributed by atoms with E-state index >= 15 is 0 Å². The van der Waals surface area contributed by atoms with Gasteiger partial charge in [-0.2, -0.15) is 5.26 Å². The molecule has 0 bridgehead atoms. The number of anilines is 1. The molecule has 4 aromatic carbocycles. The Morgan fingerprint density at radius 1 is 1.03 bits per heavy atom. The molecule has 0 aliphatic carbocycles. The zero-order chi connectivity index (χ0) is 24.9. The van der Waals surface area contributed by atoms with E-state index in [1.807, 2.05) is 36.4 Å². The lowest BCUT2D eigenvalue weighted by molar-refractivity contribution is -0.112. The molecule has 4 rings (SSSR count). The van der Waals surface area contributed by atoms with E-state index in [1.54, 1.807) is 12.1 Å². The number of hydrogen-bond acceptors (Lipinski definition) is 3. The van der Waals surface area contributed by atoms with Gasteiger partial charge in [-0.3, -0.25) is 4.79 Å². The Kier molecular flexibility index (Phi) is 8.34. The van der Waals surface area contributed by atoms with Crippen molar-refractivity contribution in [3.63, 3.8) is 0 Å². The van der Waals surface area contributed by atoms with Crippen LogP contribution in [-0.4, -0.2) is 5.91 Å². The average molecular weight is 678 g/mol. The molecule has 1 N–H and O–H groups in total. The molecule has 0 fully saturated rings. The molecule has 0 atom stereocenters. The number of carbonyl (C=O) groups excluding carboxylic acids is 1. The average Bonchev–Trinajstić information content (AvgIpc) is 2.84. The first-order chi connectivity index (χ1) is 16.8. The number of nitrogens with zero attached hydrogens (tertiary/aromatic N) is 1. The summed E-state index contributed by atoms with van der Waals surface area (Å²) < 4.78 is 7.65. The number of halogens is 4. The summed E-state index contributed by atoms with van der Waals surface area (Å²) in [6, 6.07) is 24.7. The fourth-order valence-corrected chi connectivity index (χ4v) is 5.44. The van der Waals surface area contributed by atoms with Crippen LogP contribution in [0.2, 0.25) is 10.0 Å². The number of ether oxygens (including phenoxy) is 1. The third kappa shape index (κ3) is 6.36. The number of benzene rings is 4. The highest BCUT2D eigenvalue weighted by Crippen LogP contribution is 2.34. The molecule has 4 aromatic rings. The predicted molar refractivity (Wildman–Crippen MR) is 154 cm³/mol. The third-order valence-electron chi connectivity index (χ3n) is 5.07. The summed E-state index contributed by atoms with van der Waals surface area (Å²) in [7, 11) is 0. The lowest BCUT2D eigenvalue weighted by atomic mass is 10.1. The van der Waals surface area contributed by atoms with Crippen molar-refractivity contribution in [3.05, 3.63) is 108 Å². The fourth-order valence-electron chi connectivity index (χ4n) is 3.37. The highest BCUT2D eigenvalue weighted by atomic mass is 127. The molecule has 35 heavy (non-hydrogen) atoms. The highest BCUT2D eigenvalue weighted by Gasteiger charge is 2.13. The monoisotopic (exact) mass is 676 g/mol. The molecule has 0 aliphatic heterocycles. The normalized spacial score (nSPS) is 11.2. The molecule has 1 amide bonds. The molecular formula is C27H16BrCl2IN2O2. The summed E-state index contributed by atoms with van der Waals surface area (Å²) in [5.74, 6) is 0.142. The van der Waals surface area contributed by atoms with Crippen LogP contribution in [0.5, 0.6) is 5.75 Å². The van der Waals surface area contributed by atoms with Crippen LogP contribution in [0.25, 0.3) is 16.8 Å². The second-order valence-corrected chi connectivity index (χ2v) is 10.4. The minimum absolute atomic E-state index is 0.0522. The van der Waals surface area contributed by atoms with Gasteiger partial charge in [0.2, 0.25) is 0 Å². The number of carbonyl (C=O) groups is 1. The first-order valence-electron chi connectivity index (χ1n) is 10.3. The van der Waals surface area contributed by atoms with Gasteiger partial charge in [0.1, 0.15) is 24.0 Å². The van der Waals surface area contributed by atoms with Crippen molar-refractivity contribution >= 4 is 90.2 Å². The molecule has 0 unspecified atom stereocenters. The zero-order valence-corrected chi connectivity index (χ0v) is 23.2. The lowest BCUT2D eigenvalue weighted by Crippen LogP contribution is -2.13. The molecule has 0 heterocycles. The largest absolute Gasteiger partial charge is 0.487 e. The Morgan fingerprint density at radius 2 is 1.80 bits per heavy atom. The van der Waals surface area contributed by atoms with E-state index in [0.717, 1.165) is 19.0 Å². The van der Waals surface area contributed by atoms with Crippen LogP contribution in [0, 0.1) is 14.9 Å². The standard InChI is InChI=1S/C27H16BrCl2IN2O2/c28-22-11-17(10-20(14-32)27(34)33-21-7-8-23(29)24(30)13-21)12-25(31)26(22)35-15-16-5-6-18-3-1-2-4-19(18)9-16/h1-13H,15H2,(H,33,34)/b20-10+. The van der Waals surface area contributed by atoms with Crippen molar-refractivity contribution in [1.82, 2.24) is 0 Å². The minimum Gasteiger partial charge on any atom is -0.487 e. The van der Waals surface area contributed by atoms with Gasteiger partial charge in [-0.25, -0.2) is 0 Å². The number of nitriles is 1. The second kappa shape index (κ2) is 11.4. The summed E-state index contributed by atoms with van der Waals surface area (Å²) >= 11 is 17.6. The van der Waals surface area contributed by atoms with Crippen molar-refractivity contribution < 1.29 is 9.53 Å². The van der Waals surface area contributed by atoms with Crippen LogP contribution < -0.4 is 10.1 Å². The Hall–Kier alpha value is -2.57. The van der Waals surface area contributed by atoms with E-state index in [9.17, 15) is 10.1 Å². The van der Waals surface area contributed by atoms with Crippen LogP contribution in [0.1, 0.15) is 11.1 Å². The predicted octanol–water partition coefficient (Wildman–Crippen LogP) is 8.64. The van der Waals surface area contributed by atoms with Crippen molar-refractivity contribution in [2.24, 2.45) is 0 Å². The molecule has 0 aromatic heterocycles. The van der Waals surface area contributed by atoms with E-state index in [1.165, 1.54) is 17.5 Å². The zero-order valence-electron chi connectivity index (χ0n) is 18.0. The molecule has 0 saturated heterocycles. The van der Waals surface area contributed by atoms with Gasteiger partial charge in [0, 0.05) is 5.69 Å². The first-order valence-corrected chi connectivity index (χ1v) is 12.9. The van der Waals surface area contributed by atoms with Gasteiger partial charge >= 0.3 is 0 Å². The molecule has 8 heteroatoms. The van der Waals surface area contributed by atoms with Crippen LogP contribution in [0.15, 0.2) is 82.8 Å². The Labute approximate surface area is 234 Å². The van der Waals surface area contributed by atoms with Crippen LogP contribution in [0.4, 0.5) is 5.69 Å². The number of rotatable bonds is 6. The highest BCUT2D eigenvalue weighted by molar-refractivity contribution is 14.1. The molecule has 0 aliphatic rings. The van der Waals surface area contributed by atoms with Gasteiger partial charge < -0.3 is 10.1 Å². The molecular weight excluding hydrogens is 662 g/mol. The van der Waals surface area contributed by atoms with Crippen LogP contribution >= 0.6 is 61.7 Å². The van der Waals surface area contributed by atoms with Crippen LogP contribution in [0.3, 0.4) is 0 Å². The SMILES string of the molecule is N#C/C(=C\c1cc(Br)c(OCc2ccc3ccccc3c2)c(I)c1)C(=O)Nc1ccc(Cl)c(Cl)c1. The van der Waals surface area contributed by atoms with Crippen molar-refractivity contribution in [2.75, 3.05) is 5.32 Å². The molecule has 174 valence electrons. The second-order valence-electron chi connectivity index (χ2n) is 7.54.